The lowest BCUT2D eigenvalue weighted by atomic mass is 10.1. The maximum atomic E-state index is 4.33. The van der Waals surface area contributed by atoms with Gasteiger partial charge in [-0.25, -0.2) is 0 Å². The van der Waals surface area contributed by atoms with Crippen LogP contribution in [0.1, 0.15) is 31.1 Å². The predicted octanol–water partition coefficient (Wildman–Crippen LogP) is 4.18. The summed E-state index contributed by atoms with van der Waals surface area (Å²) >= 11 is 6.93. The van der Waals surface area contributed by atoms with E-state index in [1.165, 1.54) is 5.56 Å². The molecule has 0 N–H and O–H groups in total. The summed E-state index contributed by atoms with van der Waals surface area (Å²) in [5.74, 6) is 2.61. The first-order valence-electron chi connectivity index (χ1n) is 6.31. The molecular formula is C14H17Br2N3. The van der Waals surface area contributed by atoms with Crippen molar-refractivity contribution in [2.75, 3.05) is 0 Å². The minimum atomic E-state index is 0.581. The summed E-state index contributed by atoms with van der Waals surface area (Å²) in [7, 11) is 0. The fraction of sp³-hybridized carbons (Fsp3) is 0.429. The lowest BCUT2D eigenvalue weighted by Gasteiger charge is -2.11. The van der Waals surface area contributed by atoms with E-state index in [0.717, 1.165) is 34.4 Å². The van der Waals surface area contributed by atoms with Gasteiger partial charge in [0.15, 0.2) is 0 Å². The number of alkyl halides is 1. The van der Waals surface area contributed by atoms with Gasteiger partial charge in [0.05, 0.1) is 5.33 Å². The zero-order valence-electron chi connectivity index (χ0n) is 11.1. The molecule has 0 atom stereocenters. The summed E-state index contributed by atoms with van der Waals surface area (Å²) in [5, 5.41) is 9.33. The largest absolute Gasteiger partial charge is 0.314 e. The second-order valence-electron chi connectivity index (χ2n) is 4.97. The molecule has 0 spiro atoms. The van der Waals surface area contributed by atoms with E-state index in [0.29, 0.717) is 5.92 Å². The molecule has 2 rings (SSSR count). The highest BCUT2D eigenvalue weighted by Gasteiger charge is 2.12. The van der Waals surface area contributed by atoms with Gasteiger partial charge in [-0.1, -0.05) is 57.8 Å². The number of rotatable bonds is 5. The molecule has 0 fully saturated rings. The molecule has 0 radical (unpaired) electrons. The van der Waals surface area contributed by atoms with Crippen molar-refractivity contribution in [3.63, 3.8) is 0 Å². The van der Waals surface area contributed by atoms with Crippen LogP contribution in [0, 0.1) is 5.92 Å². The fourth-order valence-electron chi connectivity index (χ4n) is 1.96. The number of hydrogen-bond donors (Lipinski definition) is 0. The smallest absolute Gasteiger partial charge is 0.143 e. The summed E-state index contributed by atoms with van der Waals surface area (Å²) < 4.78 is 3.32. The molecule has 3 nitrogen and oxygen atoms in total. The number of nitrogens with zero attached hydrogens (tertiary/aromatic N) is 3. The summed E-state index contributed by atoms with van der Waals surface area (Å²) in [5.41, 5.74) is 1.25. The molecule has 0 aliphatic carbocycles. The van der Waals surface area contributed by atoms with Crippen LogP contribution in [-0.2, 0) is 18.3 Å². The number of benzene rings is 1. The zero-order valence-corrected chi connectivity index (χ0v) is 14.3. The third-order valence-electron chi connectivity index (χ3n) is 2.85. The Morgan fingerprint density at radius 2 is 1.74 bits per heavy atom. The van der Waals surface area contributed by atoms with Gasteiger partial charge in [0.1, 0.15) is 11.6 Å². The molecule has 0 saturated carbocycles. The van der Waals surface area contributed by atoms with Crippen molar-refractivity contribution in [2.45, 2.75) is 32.1 Å². The van der Waals surface area contributed by atoms with Gasteiger partial charge in [0, 0.05) is 17.4 Å². The van der Waals surface area contributed by atoms with Crippen LogP contribution in [0.3, 0.4) is 0 Å². The topological polar surface area (TPSA) is 30.7 Å². The lowest BCUT2D eigenvalue weighted by molar-refractivity contribution is 0.500. The summed E-state index contributed by atoms with van der Waals surface area (Å²) in [4.78, 5) is 0. The molecule has 1 aromatic carbocycles. The zero-order chi connectivity index (χ0) is 13.8. The standard InChI is InChI=1S/C14H17Br2N3/c1-10(2)9-19-13(17-18-14(19)8-15)7-11-3-5-12(16)6-4-11/h3-6,10H,7-9H2,1-2H3. The van der Waals surface area contributed by atoms with Crippen LogP contribution < -0.4 is 0 Å². The fourth-order valence-corrected chi connectivity index (χ4v) is 2.64. The number of hydrogen-bond acceptors (Lipinski definition) is 2. The van der Waals surface area contributed by atoms with Gasteiger partial charge in [-0.3, -0.25) is 0 Å². The van der Waals surface area contributed by atoms with E-state index in [2.05, 4.69) is 84.7 Å². The van der Waals surface area contributed by atoms with Gasteiger partial charge in [-0.05, 0) is 23.6 Å². The van der Waals surface area contributed by atoms with Crippen LogP contribution in [0.25, 0.3) is 0 Å². The Morgan fingerprint density at radius 3 is 2.32 bits per heavy atom. The first-order valence-corrected chi connectivity index (χ1v) is 8.23. The van der Waals surface area contributed by atoms with Crippen molar-refractivity contribution < 1.29 is 0 Å². The van der Waals surface area contributed by atoms with Crippen LogP contribution in [0.15, 0.2) is 28.7 Å². The number of aromatic nitrogens is 3. The molecule has 1 aromatic heterocycles. The second kappa shape index (κ2) is 6.66. The highest BCUT2D eigenvalue weighted by Crippen LogP contribution is 2.16. The van der Waals surface area contributed by atoms with Crippen LogP contribution in [0.4, 0.5) is 0 Å². The summed E-state index contributed by atoms with van der Waals surface area (Å²) in [6, 6.07) is 8.35. The Kier molecular flexibility index (Phi) is 5.16. The maximum Gasteiger partial charge on any atom is 0.143 e. The highest BCUT2D eigenvalue weighted by atomic mass is 79.9. The molecule has 2 aromatic rings. The maximum absolute atomic E-state index is 4.33. The van der Waals surface area contributed by atoms with Gasteiger partial charge < -0.3 is 4.57 Å². The molecule has 0 aliphatic heterocycles. The Morgan fingerprint density at radius 1 is 1.11 bits per heavy atom. The normalized spacial score (nSPS) is 11.2. The molecule has 5 heteroatoms. The third kappa shape index (κ3) is 3.89. The summed E-state index contributed by atoms with van der Waals surface area (Å²) in [6.45, 7) is 5.38. The highest BCUT2D eigenvalue weighted by molar-refractivity contribution is 9.10. The molecule has 102 valence electrons. The van der Waals surface area contributed by atoms with E-state index < -0.39 is 0 Å². The predicted molar refractivity (Wildman–Crippen MR) is 84.4 cm³/mol. The molecular weight excluding hydrogens is 370 g/mol. The SMILES string of the molecule is CC(C)Cn1c(CBr)nnc1Cc1ccc(Br)cc1. The Hall–Kier alpha value is -0.680. The Bertz CT molecular complexity index is 532. The van der Waals surface area contributed by atoms with E-state index in [-0.39, 0.29) is 0 Å². The van der Waals surface area contributed by atoms with E-state index in [1.54, 1.807) is 0 Å². The first-order chi connectivity index (χ1) is 9.10. The average Bonchev–Trinajstić information content (AvgIpc) is 2.74. The number of halogens is 2. The van der Waals surface area contributed by atoms with Crippen molar-refractivity contribution in [1.29, 1.82) is 0 Å². The van der Waals surface area contributed by atoms with Crippen LogP contribution in [0.2, 0.25) is 0 Å². The van der Waals surface area contributed by atoms with Crippen LogP contribution in [0.5, 0.6) is 0 Å². The van der Waals surface area contributed by atoms with Crippen molar-refractivity contribution in [2.24, 2.45) is 5.92 Å². The molecule has 0 aliphatic rings. The minimum Gasteiger partial charge on any atom is -0.314 e. The molecule has 1 heterocycles. The van der Waals surface area contributed by atoms with Gasteiger partial charge in [-0.15, -0.1) is 10.2 Å². The van der Waals surface area contributed by atoms with Crippen molar-refractivity contribution in [1.82, 2.24) is 14.8 Å². The van der Waals surface area contributed by atoms with Crippen molar-refractivity contribution >= 4 is 31.9 Å². The van der Waals surface area contributed by atoms with Gasteiger partial charge in [0.2, 0.25) is 0 Å². The second-order valence-corrected chi connectivity index (χ2v) is 6.45. The van der Waals surface area contributed by atoms with Crippen LogP contribution in [-0.4, -0.2) is 14.8 Å². The quantitative estimate of drug-likeness (QED) is 0.721. The monoisotopic (exact) mass is 385 g/mol. The van der Waals surface area contributed by atoms with E-state index in [4.69, 9.17) is 0 Å². The van der Waals surface area contributed by atoms with Gasteiger partial charge >= 0.3 is 0 Å². The first kappa shape index (κ1) is 14.7. The average molecular weight is 387 g/mol. The molecule has 0 unspecified atom stereocenters. The van der Waals surface area contributed by atoms with E-state index in [9.17, 15) is 0 Å². The van der Waals surface area contributed by atoms with Gasteiger partial charge in [-0.2, -0.15) is 0 Å². The van der Waals surface area contributed by atoms with Crippen LogP contribution >= 0.6 is 31.9 Å². The van der Waals surface area contributed by atoms with Gasteiger partial charge in [0.25, 0.3) is 0 Å². The molecule has 0 bridgehead atoms. The van der Waals surface area contributed by atoms with E-state index >= 15 is 0 Å². The molecule has 19 heavy (non-hydrogen) atoms. The van der Waals surface area contributed by atoms with E-state index in [1.807, 2.05) is 0 Å². The molecule has 0 saturated heterocycles. The Balaban J connectivity index is 2.24. The Labute approximate surface area is 130 Å². The summed E-state index contributed by atoms with van der Waals surface area (Å²) in [6.07, 6.45) is 0.819. The molecule has 0 amide bonds. The minimum absolute atomic E-state index is 0.581. The van der Waals surface area contributed by atoms with Crippen molar-refractivity contribution in [3.8, 4) is 0 Å². The van der Waals surface area contributed by atoms with Crippen molar-refractivity contribution in [3.05, 3.63) is 46.0 Å². The lowest BCUT2D eigenvalue weighted by Crippen LogP contribution is -2.11. The third-order valence-corrected chi connectivity index (χ3v) is 3.88.